The second-order valence-corrected chi connectivity index (χ2v) is 8.55. The van der Waals surface area contributed by atoms with E-state index in [1.807, 2.05) is 27.8 Å². The number of nitrogens with one attached hydrogen (secondary N) is 2. The molecule has 0 aliphatic carbocycles. The van der Waals surface area contributed by atoms with E-state index < -0.39 is 0 Å². The number of rotatable bonds is 4. The summed E-state index contributed by atoms with van der Waals surface area (Å²) in [6.07, 6.45) is 5.46. The highest BCUT2D eigenvalue weighted by Crippen LogP contribution is 2.35. The van der Waals surface area contributed by atoms with Crippen LogP contribution < -0.4 is 5.32 Å². The Kier molecular flexibility index (Phi) is 5.26. The van der Waals surface area contributed by atoms with Crippen molar-refractivity contribution in [3.05, 3.63) is 58.7 Å². The molecular formula is C22H21IN6O. The fourth-order valence-electron chi connectivity index (χ4n) is 3.93. The van der Waals surface area contributed by atoms with Crippen molar-refractivity contribution in [1.29, 1.82) is 0 Å². The van der Waals surface area contributed by atoms with Gasteiger partial charge in [0.05, 0.1) is 17.7 Å². The van der Waals surface area contributed by atoms with E-state index in [2.05, 4.69) is 62.1 Å². The number of carbonyl (C=O) groups excluding carboxylic acids is 1. The van der Waals surface area contributed by atoms with E-state index in [-0.39, 0.29) is 12.5 Å². The Morgan fingerprint density at radius 1 is 1.07 bits per heavy atom. The molecule has 0 unspecified atom stereocenters. The Hall–Kier alpha value is -2.72. The first-order valence-corrected chi connectivity index (χ1v) is 11.0. The molecule has 5 rings (SSSR count). The fraction of sp³-hybridized carbons (Fsp3) is 0.227. The summed E-state index contributed by atoms with van der Waals surface area (Å²) in [5.41, 5.74) is 4.67. The molecule has 4 heterocycles. The first-order valence-electron chi connectivity index (χ1n) is 9.93. The molecule has 3 aromatic heterocycles. The second kappa shape index (κ2) is 8.19. The average Bonchev–Trinajstić information content (AvgIpc) is 3.42. The molecule has 1 amide bonds. The molecule has 0 radical (unpaired) electrons. The molecule has 8 heteroatoms. The fourth-order valence-corrected chi connectivity index (χ4v) is 4.29. The van der Waals surface area contributed by atoms with Gasteiger partial charge in [-0.05, 0) is 46.9 Å². The number of nitrogens with zero attached hydrogens (tertiary/aromatic N) is 4. The first-order chi connectivity index (χ1) is 14.7. The van der Waals surface area contributed by atoms with Crippen molar-refractivity contribution >= 4 is 39.5 Å². The van der Waals surface area contributed by atoms with E-state index >= 15 is 0 Å². The quantitative estimate of drug-likeness (QED) is 0.412. The van der Waals surface area contributed by atoms with Crippen LogP contribution in [0.2, 0.25) is 0 Å². The van der Waals surface area contributed by atoms with Crippen molar-refractivity contribution in [3.8, 4) is 22.5 Å². The number of pyridine rings is 1. The minimum Gasteiger partial charge on any atom is -0.346 e. The van der Waals surface area contributed by atoms with Gasteiger partial charge in [0.25, 0.3) is 0 Å². The van der Waals surface area contributed by atoms with Gasteiger partial charge in [0.1, 0.15) is 12.2 Å². The predicted molar refractivity (Wildman–Crippen MR) is 125 cm³/mol. The number of aromatic amines is 1. The zero-order chi connectivity index (χ0) is 20.5. The zero-order valence-corrected chi connectivity index (χ0v) is 18.5. The zero-order valence-electron chi connectivity index (χ0n) is 16.3. The smallest absolute Gasteiger partial charge is 0.242 e. The molecule has 1 aliphatic heterocycles. The molecule has 1 aliphatic rings. The van der Waals surface area contributed by atoms with Gasteiger partial charge in [0, 0.05) is 58.7 Å². The highest BCUT2D eigenvalue weighted by Gasteiger charge is 2.22. The molecule has 4 aromatic rings. The summed E-state index contributed by atoms with van der Waals surface area (Å²) in [5.74, 6) is 0.115. The van der Waals surface area contributed by atoms with E-state index in [9.17, 15) is 4.79 Å². The summed E-state index contributed by atoms with van der Waals surface area (Å²) >= 11 is 2.30. The number of amides is 1. The summed E-state index contributed by atoms with van der Waals surface area (Å²) in [6.45, 7) is 3.42. The Balaban J connectivity index is 1.61. The molecule has 1 fully saturated rings. The summed E-state index contributed by atoms with van der Waals surface area (Å²) in [4.78, 5) is 27.2. The third-order valence-electron chi connectivity index (χ3n) is 5.45. The van der Waals surface area contributed by atoms with E-state index in [0.717, 1.165) is 59.7 Å². The largest absolute Gasteiger partial charge is 0.346 e. The van der Waals surface area contributed by atoms with Crippen LogP contribution >= 0.6 is 22.6 Å². The predicted octanol–water partition coefficient (Wildman–Crippen LogP) is 3.13. The molecule has 1 saturated heterocycles. The van der Waals surface area contributed by atoms with Crippen LogP contribution in [0, 0.1) is 3.57 Å². The Bertz CT molecular complexity index is 1190. The van der Waals surface area contributed by atoms with Gasteiger partial charge in [-0.25, -0.2) is 9.97 Å². The molecule has 0 saturated carbocycles. The van der Waals surface area contributed by atoms with Gasteiger partial charge in [-0.15, -0.1) is 0 Å². The summed E-state index contributed by atoms with van der Waals surface area (Å²) in [7, 11) is 0. The lowest BCUT2D eigenvalue weighted by molar-refractivity contribution is -0.132. The minimum atomic E-state index is 0.115. The molecule has 0 atom stereocenters. The monoisotopic (exact) mass is 512 g/mol. The number of piperazine rings is 1. The SMILES string of the molecule is O=C(Cn1cnc(-c2ccc(I)cc2)c1-c1ccnc2[nH]ccc12)N1CCNCC1. The Labute approximate surface area is 187 Å². The van der Waals surface area contributed by atoms with Crippen LogP contribution in [0.15, 0.2) is 55.1 Å². The molecule has 1 aromatic carbocycles. The number of H-pyrrole nitrogens is 1. The second-order valence-electron chi connectivity index (χ2n) is 7.31. The maximum Gasteiger partial charge on any atom is 0.242 e. The molecule has 152 valence electrons. The van der Waals surface area contributed by atoms with Gasteiger partial charge in [-0.2, -0.15) is 0 Å². The van der Waals surface area contributed by atoms with Gasteiger partial charge in [-0.3, -0.25) is 4.79 Å². The van der Waals surface area contributed by atoms with Crippen molar-refractivity contribution in [2.45, 2.75) is 6.54 Å². The topological polar surface area (TPSA) is 78.8 Å². The number of aromatic nitrogens is 4. The van der Waals surface area contributed by atoms with Crippen LogP contribution in [-0.2, 0) is 11.3 Å². The first kappa shape index (κ1) is 19.3. The van der Waals surface area contributed by atoms with Crippen molar-refractivity contribution in [3.63, 3.8) is 0 Å². The van der Waals surface area contributed by atoms with Crippen LogP contribution in [0.25, 0.3) is 33.5 Å². The number of benzene rings is 1. The highest BCUT2D eigenvalue weighted by atomic mass is 127. The van der Waals surface area contributed by atoms with E-state index in [1.165, 1.54) is 3.57 Å². The van der Waals surface area contributed by atoms with Crippen LogP contribution in [0.5, 0.6) is 0 Å². The van der Waals surface area contributed by atoms with Gasteiger partial charge < -0.3 is 19.8 Å². The van der Waals surface area contributed by atoms with Crippen molar-refractivity contribution in [2.75, 3.05) is 26.2 Å². The maximum absolute atomic E-state index is 13.0. The van der Waals surface area contributed by atoms with E-state index in [4.69, 9.17) is 4.98 Å². The van der Waals surface area contributed by atoms with E-state index in [0.29, 0.717) is 0 Å². The molecular weight excluding hydrogens is 491 g/mol. The number of fused-ring (bicyclic) bond motifs is 1. The van der Waals surface area contributed by atoms with Crippen LogP contribution in [0.1, 0.15) is 0 Å². The normalized spacial score (nSPS) is 14.4. The van der Waals surface area contributed by atoms with Gasteiger partial charge in [-0.1, -0.05) is 12.1 Å². The van der Waals surface area contributed by atoms with Crippen molar-refractivity contribution in [2.24, 2.45) is 0 Å². The van der Waals surface area contributed by atoms with Crippen molar-refractivity contribution in [1.82, 2.24) is 29.7 Å². The standard InChI is InChI=1S/C22H21IN6O/c23-16-3-1-15(2-4-16)20-21(17-5-7-25-22-18(17)6-8-26-22)29(14-27-20)13-19(30)28-11-9-24-10-12-28/h1-8,14,24H,9-13H2,(H,25,26). The Morgan fingerprint density at radius 2 is 1.87 bits per heavy atom. The molecule has 2 N–H and O–H groups in total. The lowest BCUT2D eigenvalue weighted by Crippen LogP contribution is -2.47. The number of halogens is 1. The summed E-state index contributed by atoms with van der Waals surface area (Å²) in [6, 6.07) is 12.3. The number of carbonyl (C=O) groups is 1. The highest BCUT2D eigenvalue weighted by molar-refractivity contribution is 14.1. The molecule has 7 nitrogen and oxygen atoms in total. The summed E-state index contributed by atoms with van der Waals surface area (Å²) < 4.78 is 3.14. The van der Waals surface area contributed by atoms with Crippen LogP contribution in [-0.4, -0.2) is 56.5 Å². The van der Waals surface area contributed by atoms with Crippen LogP contribution in [0.4, 0.5) is 0 Å². The average molecular weight is 512 g/mol. The third-order valence-corrected chi connectivity index (χ3v) is 6.17. The van der Waals surface area contributed by atoms with Crippen molar-refractivity contribution < 1.29 is 4.79 Å². The number of hydrogen-bond acceptors (Lipinski definition) is 4. The lowest BCUT2D eigenvalue weighted by atomic mass is 10.0. The number of hydrogen-bond donors (Lipinski definition) is 2. The molecule has 30 heavy (non-hydrogen) atoms. The minimum absolute atomic E-state index is 0.115. The maximum atomic E-state index is 13.0. The summed E-state index contributed by atoms with van der Waals surface area (Å²) in [5, 5.41) is 4.31. The number of imidazole rings is 1. The molecule has 0 bridgehead atoms. The third kappa shape index (κ3) is 3.61. The Morgan fingerprint density at radius 3 is 2.67 bits per heavy atom. The van der Waals surface area contributed by atoms with Crippen LogP contribution in [0.3, 0.4) is 0 Å². The van der Waals surface area contributed by atoms with Gasteiger partial charge in [0.15, 0.2) is 0 Å². The van der Waals surface area contributed by atoms with Gasteiger partial charge in [0.2, 0.25) is 5.91 Å². The van der Waals surface area contributed by atoms with Gasteiger partial charge >= 0.3 is 0 Å². The molecule has 0 spiro atoms. The lowest BCUT2D eigenvalue weighted by Gasteiger charge is -2.27. The van der Waals surface area contributed by atoms with E-state index in [1.54, 1.807) is 12.5 Å².